The molecule has 0 bridgehead atoms. The van der Waals surface area contributed by atoms with Crippen LogP contribution in [0.25, 0.3) is 11.3 Å². The lowest BCUT2D eigenvalue weighted by molar-refractivity contribution is -0.384. The Morgan fingerprint density at radius 1 is 1.03 bits per heavy atom. The van der Waals surface area contributed by atoms with Crippen LogP contribution in [0, 0.1) is 15.9 Å². The first-order valence-corrected chi connectivity index (χ1v) is 9.96. The molecule has 0 radical (unpaired) electrons. The van der Waals surface area contributed by atoms with Crippen LogP contribution in [-0.4, -0.2) is 25.9 Å². The number of halogens is 1. The zero-order chi connectivity index (χ0) is 22.2. The third-order valence-corrected chi connectivity index (χ3v) is 5.57. The van der Waals surface area contributed by atoms with Gasteiger partial charge in [0.05, 0.1) is 16.7 Å². The Balaban J connectivity index is 1.66. The van der Waals surface area contributed by atoms with Crippen molar-refractivity contribution in [3.05, 3.63) is 117 Å². The lowest BCUT2D eigenvalue weighted by Crippen LogP contribution is -2.29. The molecule has 1 amide bonds. The monoisotopic (exact) mass is 428 g/mol. The van der Waals surface area contributed by atoms with E-state index in [1.54, 1.807) is 29.2 Å². The summed E-state index contributed by atoms with van der Waals surface area (Å²) >= 11 is 0. The highest BCUT2D eigenvalue weighted by Gasteiger charge is 2.42. The quantitative estimate of drug-likeness (QED) is 0.363. The Morgan fingerprint density at radius 3 is 2.50 bits per heavy atom. The van der Waals surface area contributed by atoms with Crippen LogP contribution < -0.4 is 0 Å². The summed E-state index contributed by atoms with van der Waals surface area (Å²) < 4.78 is 13.4. The first kappa shape index (κ1) is 19.6. The van der Waals surface area contributed by atoms with Crippen LogP contribution in [0.15, 0.2) is 78.9 Å². The number of hydrogen-bond acceptors (Lipinski definition) is 4. The van der Waals surface area contributed by atoms with Gasteiger partial charge in [-0.15, -0.1) is 0 Å². The van der Waals surface area contributed by atoms with E-state index in [0.29, 0.717) is 22.5 Å². The van der Waals surface area contributed by atoms with E-state index in [1.165, 1.54) is 24.3 Å². The van der Waals surface area contributed by atoms with E-state index in [4.69, 9.17) is 0 Å². The van der Waals surface area contributed by atoms with E-state index in [9.17, 15) is 19.3 Å². The van der Waals surface area contributed by atoms with Gasteiger partial charge in [0, 0.05) is 29.8 Å². The number of aromatic amines is 1. The summed E-state index contributed by atoms with van der Waals surface area (Å²) in [5.41, 5.74) is 3.76. The minimum atomic E-state index is -0.587. The SMILES string of the molecule is O=C1c2[nH]nc(-c3ccccc3)c2C(c2cccc([N+](=O)[O-])c2)N1Cc1ccc(F)cc1. The number of rotatable bonds is 5. The molecular formula is C24H17FN4O3. The average molecular weight is 428 g/mol. The van der Waals surface area contributed by atoms with Gasteiger partial charge in [0.1, 0.15) is 11.5 Å². The zero-order valence-electron chi connectivity index (χ0n) is 16.7. The molecule has 1 unspecified atom stereocenters. The van der Waals surface area contributed by atoms with Gasteiger partial charge in [-0.25, -0.2) is 4.39 Å². The number of benzene rings is 3. The molecule has 5 rings (SSSR count). The molecule has 32 heavy (non-hydrogen) atoms. The molecule has 0 saturated carbocycles. The van der Waals surface area contributed by atoms with E-state index in [0.717, 1.165) is 11.1 Å². The lowest BCUT2D eigenvalue weighted by Gasteiger charge is -2.26. The fraction of sp³-hybridized carbons (Fsp3) is 0.0833. The van der Waals surface area contributed by atoms with Gasteiger partial charge < -0.3 is 4.90 Å². The number of nitro groups is 1. The topological polar surface area (TPSA) is 92.1 Å². The summed E-state index contributed by atoms with van der Waals surface area (Å²) in [5, 5.41) is 18.6. The molecule has 1 atom stereocenters. The van der Waals surface area contributed by atoms with Gasteiger partial charge in [0.25, 0.3) is 11.6 Å². The Morgan fingerprint density at radius 2 is 1.78 bits per heavy atom. The van der Waals surface area contributed by atoms with E-state index in [1.807, 2.05) is 30.3 Å². The summed E-state index contributed by atoms with van der Waals surface area (Å²) in [4.78, 5) is 25.9. The van der Waals surface area contributed by atoms with E-state index in [2.05, 4.69) is 10.2 Å². The summed E-state index contributed by atoms with van der Waals surface area (Å²) in [5.74, 6) is -0.631. The molecule has 8 heteroatoms. The predicted octanol–water partition coefficient (Wildman–Crippen LogP) is 4.87. The second-order valence-electron chi connectivity index (χ2n) is 7.54. The van der Waals surface area contributed by atoms with Crippen LogP contribution >= 0.6 is 0 Å². The maximum atomic E-state index is 13.4. The highest BCUT2D eigenvalue weighted by atomic mass is 19.1. The molecule has 3 aromatic carbocycles. The van der Waals surface area contributed by atoms with Gasteiger partial charge in [0.2, 0.25) is 0 Å². The average Bonchev–Trinajstić information content (AvgIpc) is 3.35. The number of nitrogens with one attached hydrogen (secondary N) is 1. The van der Waals surface area contributed by atoms with Crippen molar-refractivity contribution in [3.8, 4) is 11.3 Å². The lowest BCUT2D eigenvalue weighted by atomic mass is 9.95. The molecule has 1 aliphatic heterocycles. The standard InChI is InChI=1S/C24H17FN4O3/c25-18-11-9-15(10-12-18)14-28-23(17-7-4-8-19(13-17)29(31)32)20-21(16-5-2-1-3-6-16)26-27-22(20)24(28)30/h1-13,23H,14H2,(H,26,27). The van der Waals surface area contributed by atoms with Crippen LogP contribution in [-0.2, 0) is 6.54 Å². The number of non-ortho nitro benzene ring substituents is 1. The second kappa shape index (κ2) is 7.73. The number of carbonyl (C=O) groups excluding carboxylic acids is 1. The van der Waals surface area contributed by atoms with Crippen LogP contribution in [0.1, 0.15) is 33.2 Å². The van der Waals surface area contributed by atoms with Gasteiger partial charge in [-0.1, -0.05) is 54.6 Å². The first-order chi connectivity index (χ1) is 15.5. The number of nitrogens with zero attached hydrogens (tertiary/aromatic N) is 3. The fourth-order valence-electron chi connectivity index (χ4n) is 4.12. The van der Waals surface area contributed by atoms with Crippen molar-refractivity contribution >= 4 is 11.6 Å². The smallest absolute Gasteiger partial charge is 0.273 e. The third kappa shape index (κ3) is 3.31. The highest BCUT2D eigenvalue weighted by molar-refractivity contribution is 6.00. The molecule has 1 aromatic heterocycles. The fourth-order valence-corrected chi connectivity index (χ4v) is 4.12. The van der Waals surface area contributed by atoms with Crippen molar-refractivity contribution in [1.29, 1.82) is 0 Å². The Bertz CT molecular complexity index is 1320. The normalized spacial score (nSPS) is 15.1. The van der Waals surface area contributed by atoms with Gasteiger partial charge in [-0.3, -0.25) is 20.0 Å². The van der Waals surface area contributed by atoms with Crippen LogP contribution in [0.4, 0.5) is 10.1 Å². The summed E-state index contributed by atoms with van der Waals surface area (Å²) in [6.45, 7) is 0.212. The molecule has 0 saturated heterocycles. The number of aromatic nitrogens is 2. The highest BCUT2D eigenvalue weighted by Crippen LogP contribution is 2.44. The third-order valence-electron chi connectivity index (χ3n) is 5.57. The Kier molecular flexibility index (Phi) is 4.74. The van der Waals surface area contributed by atoms with Crippen LogP contribution in [0.5, 0.6) is 0 Å². The van der Waals surface area contributed by atoms with Crippen molar-refractivity contribution in [2.75, 3.05) is 0 Å². The van der Waals surface area contributed by atoms with Gasteiger partial charge in [-0.2, -0.15) is 5.10 Å². The number of fused-ring (bicyclic) bond motifs is 1. The van der Waals surface area contributed by atoms with Crippen molar-refractivity contribution in [2.45, 2.75) is 12.6 Å². The number of nitro benzene ring substituents is 1. The number of carbonyl (C=O) groups is 1. The molecule has 158 valence electrons. The molecule has 0 spiro atoms. The first-order valence-electron chi connectivity index (χ1n) is 9.96. The van der Waals surface area contributed by atoms with Crippen molar-refractivity contribution in [1.82, 2.24) is 15.1 Å². The molecule has 4 aromatic rings. The number of hydrogen-bond donors (Lipinski definition) is 1. The van der Waals surface area contributed by atoms with Gasteiger partial charge in [0.15, 0.2) is 0 Å². The summed E-state index contributed by atoms with van der Waals surface area (Å²) in [6.07, 6.45) is 0. The minimum absolute atomic E-state index is 0.0603. The zero-order valence-corrected chi connectivity index (χ0v) is 16.7. The van der Waals surface area contributed by atoms with Gasteiger partial charge in [-0.05, 0) is 23.3 Å². The largest absolute Gasteiger partial charge is 0.322 e. The summed E-state index contributed by atoms with van der Waals surface area (Å²) in [6, 6.07) is 21.0. The van der Waals surface area contributed by atoms with E-state index >= 15 is 0 Å². The Labute approximate surface area is 182 Å². The molecule has 0 fully saturated rings. The Hall–Kier alpha value is -4.33. The van der Waals surface area contributed by atoms with Crippen LogP contribution in [0.3, 0.4) is 0 Å². The molecule has 7 nitrogen and oxygen atoms in total. The van der Waals surface area contributed by atoms with Crippen LogP contribution in [0.2, 0.25) is 0 Å². The molecule has 1 aliphatic rings. The molecule has 1 N–H and O–H groups in total. The van der Waals surface area contributed by atoms with Crippen molar-refractivity contribution in [3.63, 3.8) is 0 Å². The predicted molar refractivity (Wildman–Crippen MR) is 115 cm³/mol. The number of amides is 1. The number of H-pyrrole nitrogens is 1. The molecular weight excluding hydrogens is 411 g/mol. The van der Waals surface area contributed by atoms with E-state index < -0.39 is 11.0 Å². The van der Waals surface area contributed by atoms with Crippen molar-refractivity contribution < 1.29 is 14.1 Å². The van der Waals surface area contributed by atoms with Crippen molar-refractivity contribution in [2.24, 2.45) is 0 Å². The molecule has 2 heterocycles. The molecule has 0 aliphatic carbocycles. The minimum Gasteiger partial charge on any atom is -0.322 e. The van der Waals surface area contributed by atoms with E-state index in [-0.39, 0.29) is 24.0 Å². The second-order valence-corrected chi connectivity index (χ2v) is 7.54. The maximum absolute atomic E-state index is 13.4. The summed E-state index contributed by atoms with van der Waals surface area (Å²) in [7, 11) is 0. The maximum Gasteiger partial charge on any atom is 0.273 e. The van der Waals surface area contributed by atoms with Gasteiger partial charge >= 0.3 is 0 Å².